The lowest BCUT2D eigenvalue weighted by Crippen LogP contribution is -2.24. The van der Waals surface area contributed by atoms with Crippen molar-refractivity contribution in [2.75, 3.05) is 0 Å². The summed E-state index contributed by atoms with van der Waals surface area (Å²) in [5.74, 6) is -1.32. The van der Waals surface area contributed by atoms with E-state index in [1.807, 2.05) is 6.07 Å². The smallest absolute Gasteiger partial charge is 0.306 e. The average Bonchev–Trinajstić information content (AvgIpc) is 2.95. The molecule has 1 fully saturated rings. The molecule has 0 amide bonds. The van der Waals surface area contributed by atoms with Gasteiger partial charge in [-0.2, -0.15) is 0 Å². The zero-order chi connectivity index (χ0) is 14.7. The van der Waals surface area contributed by atoms with Gasteiger partial charge in [0.05, 0.1) is 12.0 Å². The molecule has 0 saturated heterocycles. The minimum atomic E-state index is -0.771. The van der Waals surface area contributed by atoms with Crippen molar-refractivity contribution in [2.45, 2.75) is 52.1 Å². The van der Waals surface area contributed by atoms with Gasteiger partial charge >= 0.3 is 5.97 Å². The first-order valence-electron chi connectivity index (χ1n) is 7.61. The fourth-order valence-corrected chi connectivity index (χ4v) is 3.42. The van der Waals surface area contributed by atoms with Crippen molar-refractivity contribution in [1.29, 1.82) is 0 Å². The first-order chi connectivity index (χ1) is 9.58. The second-order valence-corrected chi connectivity index (χ2v) is 5.72. The van der Waals surface area contributed by atoms with Crippen molar-refractivity contribution in [3.05, 3.63) is 34.9 Å². The Kier molecular flexibility index (Phi) is 4.81. The van der Waals surface area contributed by atoms with Crippen LogP contribution < -0.4 is 0 Å². The van der Waals surface area contributed by atoms with Crippen LogP contribution >= 0.6 is 0 Å². The summed E-state index contributed by atoms with van der Waals surface area (Å²) in [6.45, 7) is 4.24. The summed E-state index contributed by atoms with van der Waals surface area (Å²) in [6.07, 6.45) is 3.65. The van der Waals surface area contributed by atoms with E-state index in [0.29, 0.717) is 6.42 Å². The quantitative estimate of drug-likeness (QED) is 0.867. The summed E-state index contributed by atoms with van der Waals surface area (Å²) in [4.78, 5) is 11.3. The number of rotatable bonds is 5. The minimum Gasteiger partial charge on any atom is -0.481 e. The van der Waals surface area contributed by atoms with Gasteiger partial charge in [0.2, 0.25) is 0 Å². The standard InChI is InChI=1S/C17H24O3/c1-3-11-8-9-13(10-12(11)4-2)16(18)14-6-5-7-15(14)17(19)20/h8-10,14-16,18H,3-7H2,1-2H3,(H,19,20). The SMILES string of the molecule is CCc1ccc(C(O)C2CCCC2C(=O)O)cc1CC. The molecule has 0 heterocycles. The van der Waals surface area contributed by atoms with Gasteiger partial charge in [0.15, 0.2) is 0 Å². The van der Waals surface area contributed by atoms with Crippen LogP contribution in [0.5, 0.6) is 0 Å². The number of hydrogen-bond donors (Lipinski definition) is 2. The van der Waals surface area contributed by atoms with E-state index in [1.54, 1.807) is 0 Å². The molecule has 0 aromatic heterocycles. The number of carboxylic acid groups (broad SMARTS) is 1. The van der Waals surface area contributed by atoms with E-state index in [2.05, 4.69) is 26.0 Å². The predicted octanol–water partition coefficient (Wildman–Crippen LogP) is 3.35. The van der Waals surface area contributed by atoms with Crippen molar-refractivity contribution >= 4 is 5.97 Å². The van der Waals surface area contributed by atoms with Crippen LogP contribution in [0.2, 0.25) is 0 Å². The molecule has 3 nitrogen and oxygen atoms in total. The first kappa shape index (κ1) is 15.0. The van der Waals surface area contributed by atoms with Crippen LogP contribution in [0.3, 0.4) is 0 Å². The van der Waals surface area contributed by atoms with Gasteiger partial charge in [0, 0.05) is 5.92 Å². The van der Waals surface area contributed by atoms with Crippen LogP contribution in [-0.4, -0.2) is 16.2 Å². The normalized spacial score (nSPS) is 23.8. The molecule has 1 aliphatic rings. The van der Waals surface area contributed by atoms with Crippen LogP contribution in [0.25, 0.3) is 0 Å². The third-order valence-electron chi connectivity index (χ3n) is 4.63. The van der Waals surface area contributed by atoms with Crippen LogP contribution in [0.15, 0.2) is 18.2 Å². The molecular weight excluding hydrogens is 252 g/mol. The summed E-state index contributed by atoms with van der Waals surface area (Å²) in [5, 5.41) is 19.8. The predicted molar refractivity (Wildman–Crippen MR) is 78.6 cm³/mol. The largest absolute Gasteiger partial charge is 0.481 e. The third-order valence-corrected chi connectivity index (χ3v) is 4.63. The Labute approximate surface area is 120 Å². The number of aliphatic carboxylic acids is 1. The zero-order valence-corrected chi connectivity index (χ0v) is 12.3. The van der Waals surface area contributed by atoms with Gasteiger partial charge in [0.25, 0.3) is 0 Å². The van der Waals surface area contributed by atoms with E-state index in [9.17, 15) is 15.0 Å². The summed E-state index contributed by atoms with van der Waals surface area (Å²) < 4.78 is 0. The van der Waals surface area contributed by atoms with E-state index in [4.69, 9.17) is 0 Å². The summed E-state index contributed by atoms with van der Waals surface area (Å²) in [7, 11) is 0. The topological polar surface area (TPSA) is 57.5 Å². The molecule has 3 unspecified atom stereocenters. The molecule has 1 aliphatic carbocycles. The average molecular weight is 276 g/mol. The summed E-state index contributed by atoms with van der Waals surface area (Å²) in [6, 6.07) is 6.09. The number of benzene rings is 1. The molecule has 0 spiro atoms. The van der Waals surface area contributed by atoms with Gasteiger partial charge in [-0.3, -0.25) is 4.79 Å². The van der Waals surface area contributed by atoms with Crippen molar-refractivity contribution in [1.82, 2.24) is 0 Å². The van der Waals surface area contributed by atoms with Crippen molar-refractivity contribution in [3.8, 4) is 0 Å². The number of aliphatic hydroxyl groups excluding tert-OH is 1. The van der Waals surface area contributed by atoms with E-state index < -0.39 is 18.0 Å². The highest BCUT2D eigenvalue weighted by Crippen LogP contribution is 2.40. The Morgan fingerprint density at radius 2 is 1.95 bits per heavy atom. The minimum absolute atomic E-state index is 0.148. The second-order valence-electron chi connectivity index (χ2n) is 5.72. The fraction of sp³-hybridized carbons (Fsp3) is 0.588. The number of hydrogen-bond acceptors (Lipinski definition) is 2. The molecule has 0 radical (unpaired) electrons. The van der Waals surface area contributed by atoms with Gasteiger partial charge in [0.1, 0.15) is 0 Å². The van der Waals surface area contributed by atoms with Gasteiger partial charge in [-0.1, -0.05) is 38.5 Å². The third kappa shape index (κ3) is 2.88. The fourth-order valence-electron chi connectivity index (χ4n) is 3.42. The summed E-state index contributed by atoms with van der Waals surface area (Å²) >= 11 is 0. The lowest BCUT2D eigenvalue weighted by atomic mass is 9.85. The molecule has 3 atom stereocenters. The lowest BCUT2D eigenvalue weighted by molar-refractivity contribution is -0.144. The van der Waals surface area contributed by atoms with E-state index >= 15 is 0 Å². The molecule has 20 heavy (non-hydrogen) atoms. The molecule has 2 N–H and O–H groups in total. The monoisotopic (exact) mass is 276 g/mol. The molecule has 2 rings (SSSR count). The van der Waals surface area contributed by atoms with E-state index in [1.165, 1.54) is 11.1 Å². The molecule has 3 heteroatoms. The summed E-state index contributed by atoms with van der Waals surface area (Å²) in [5.41, 5.74) is 3.44. The van der Waals surface area contributed by atoms with Gasteiger partial charge in [-0.05, 0) is 42.4 Å². The number of carboxylic acids is 1. The number of aliphatic hydroxyl groups is 1. The van der Waals surface area contributed by atoms with Crippen LogP contribution in [-0.2, 0) is 17.6 Å². The number of aryl methyl sites for hydroxylation is 2. The maximum Gasteiger partial charge on any atom is 0.306 e. The lowest BCUT2D eigenvalue weighted by Gasteiger charge is -2.23. The van der Waals surface area contributed by atoms with Crippen molar-refractivity contribution < 1.29 is 15.0 Å². The molecule has 110 valence electrons. The highest BCUT2D eigenvalue weighted by atomic mass is 16.4. The second kappa shape index (κ2) is 6.40. The van der Waals surface area contributed by atoms with Gasteiger partial charge < -0.3 is 10.2 Å². The van der Waals surface area contributed by atoms with Gasteiger partial charge in [-0.25, -0.2) is 0 Å². The molecule has 1 aromatic rings. The molecule has 1 saturated carbocycles. The zero-order valence-electron chi connectivity index (χ0n) is 12.3. The van der Waals surface area contributed by atoms with Gasteiger partial charge in [-0.15, -0.1) is 0 Å². The van der Waals surface area contributed by atoms with Crippen molar-refractivity contribution in [2.24, 2.45) is 11.8 Å². The maximum atomic E-state index is 11.3. The van der Waals surface area contributed by atoms with E-state index in [0.717, 1.165) is 31.2 Å². The van der Waals surface area contributed by atoms with E-state index in [-0.39, 0.29) is 5.92 Å². The molecule has 0 bridgehead atoms. The molecule has 1 aromatic carbocycles. The Morgan fingerprint density at radius 1 is 1.25 bits per heavy atom. The molecular formula is C17H24O3. The Balaban J connectivity index is 2.24. The van der Waals surface area contributed by atoms with Crippen LogP contribution in [0.1, 0.15) is 55.9 Å². The van der Waals surface area contributed by atoms with Crippen LogP contribution in [0.4, 0.5) is 0 Å². The maximum absolute atomic E-state index is 11.3. The first-order valence-corrected chi connectivity index (χ1v) is 7.61. The van der Waals surface area contributed by atoms with Crippen LogP contribution in [0, 0.1) is 11.8 Å². The molecule has 0 aliphatic heterocycles. The Morgan fingerprint density at radius 3 is 2.55 bits per heavy atom. The Bertz CT molecular complexity index is 481. The Hall–Kier alpha value is -1.35. The number of carbonyl (C=O) groups is 1. The highest BCUT2D eigenvalue weighted by Gasteiger charge is 2.38. The highest BCUT2D eigenvalue weighted by molar-refractivity contribution is 5.70. The van der Waals surface area contributed by atoms with Crippen molar-refractivity contribution in [3.63, 3.8) is 0 Å².